The van der Waals surface area contributed by atoms with Gasteiger partial charge in [0.05, 0.1) is 17.4 Å². The summed E-state index contributed by atoms with van der Waals surface area (Å²) in [7, 11) is 0. The second-order valence-electron chi connectivity index (χ2n) is 5.06. The molecule has 0 bridgehead atoms. The maximum absolute atomic E-state index is 12.3. The van der Waals surface area contributed by atoms with Gasteiger partial charge < -0.3 is 15.3 Å². The number of carboxylic acid groups (broad SMARTS) is 1. The highest BCUT2D eigenvalue weighted by molar-refractivity contribution is 8.01. The van der Waals surface area contributed by atoms with Crippen LogP contribution >= 0.6 is 23.4 Å². The van der Waals surface area contributed by atoms with Crippen LogP contribution in [0.25, 0.3) is 0 Å². The molecule has 1 unspecified atom stereocenters. The molecule has 1 aliphatic heterocycles. The number of thioether (sulfide) groups is 1. The molecule has 1 aliphatic rings. The molecule has 2 amide bonds. The molecule has 0 fully saturated rings. The summed E-state index contributed by atoms with van der Waals surface area (Å²) in [6, 6.07) is 5.21. The number of aliphatic carboxylic acids is 1. The molecule has 1 aromatic rings. The predicted molar refractivity (Wildman–Crippen MR) is 88.9 cm³/mol. The van der Waals surface area contributed by atoms with Gasteiger partial charge >= 0.3 is 5.97 Å². The van der Waals surface area contributed by atoms with Crippen LogP contribution in [-0.4, -0.2) is 46.1 Å². The Labute approximate surface area is 143 Å². The minimum atomic E-state index is -0.952. The molecule has 6 nitrogen and oxygen atoms in total. The first-order valence-corrected chi connectivity index (χ1v) is 8.43. The molecule has 0 radical (unpaired) electrons. The molecule has 0 spiro atoms. The Morgan fingerprint density at radius 3 is 2.83 bits per heavy atom. The van der Waals surface area contributed by atoms with Crippen LogP contribution in [0, 0.1) is 0 Å². The van der Waals surface area contributed by atoms with E-state index in [1.165, 1.54) is 16.7 Å². The van der Waals surface area contributed by atoms with Gasteiger partial charge in [0.15, 0.2) is 0 Å². The molecule has 0 aliphatic carbocycles. The lowest BCUT2D eigenvalue weighted by molar-refractivity contribution is -0.138. The lowest BCUT2D eigenvalue weighted by Crippen LogP contribution is -2.38. The highest BCUT2D eigenvalue weighted by atomic mass is 35.5. The minimum Gasteiger partial charge on any atom is -0.481 e. The smallest absolute Gasteiger partial charge is 0.305 e. The number of halogens is 1. The third-order valence-corrected chi connectivity index (χ3v) is 4.96. The summed E-state index contributed by atoms with van der Waals surface area (Å²) in [6.45, 7) is 2.35. The van der Waals surface area contributed by atoms with Gasteiger partial charge in [-0.2, -0.15) is 0 Å². The van der Waals surface area contributed by atoms with Crippen LogP contribution in [-0.2, 0) is 14.4 Å². The zero-order chi connectivity index (χ0) is 17.0. The Morgan fingerprint density at radius 1 is 1.43 bits per heavy atom. The van der Waals surface area contributed by atoms with Gasteiger partial charge in [0.2, 0.25) is 11.8 Å². The van der Waals surface area contributed by atoms with Gasteiger partial charge in [-0.25, -0.2) is 0 Å². The number of nitrogens with zero attached hydrogens (tertiary/aromatic N) is 1. The van der Waals surface area contributed by atoms with E-state index in [9.17, 15) is 14.4 Å². The Balaban J connectivity index is 2.02. The number of fused-ring (bicyclic) bond motifs is 1. The fraction of sp³-hybridized carbons (Fsp3) is 0.400. The summed E-state index contributed by atoms with van der Waals surface area (Å²) >= 11 is 7.22. The van der Waals surface area contributed by atoms with Crippen LogP contribution in [0.1, 0.15) is 19.8 Å². The van der Waals surface area contributed by atoms with Gasteiger partial charge in [0.25, 0.3) is 0 Å². The van der Waals surface area contributed by atoms with E-state index < -0.39 is 11.2 Å². The van der Waals surface area contributed by atoms with Crippen LogP contribution in [0.3, 0.4) is 0 Å². The van der Waals surface area contributed by atoms with E-state index in [0.29, 0.717) is 17.3 Å². The largest absolute Gasteiger partial charge is 0.481 e. The van der Waals surface area contributed by atoms with Crippen LogP contribution in [0.5, 0.6) is 0 Å². The molecule has 1 aromatic carbocycles. The number of carbonyl (C=O) groups is 3. The molecule has 1 atom stereocenters. The number of hydrogen-bond donors (Lipinski definition) is 2. The molecule has 0 aromatic heterocycles. The second kappa shape index (κ2) is 7.70. The van der Waals surface area contributed by atoms with E-state index in [-0.39, 0.29) is 31.2 Å². The summed E-state index contributed by atoms with van der Waals surface area (Å²) in [5, 5.41) is 11.5. The van der Waals surface area contributed by atoms with E-state index in [1.54, 1.807) is 25.1 Å². The Bertz CT molecular complexity index is 638. The van der Waals surface area contributed by atoms with Crippen LogP contribution in [0.2, 0.25) is 5.02 Å². The molecule has 1 heterocycles. The van der Waals surface area contributed by atoms with Crippen molar-refractivity contribution in [2.45, 2.75) is 29.9 Å². The van der Waals surface area contributed by atoms with E-state index in [4.69, 9.17) is 16.7 Å². The Hall–Kier alpha value is -1.73. The van der Waals surface area contributed by atoms with Crippen LogP contribution in [0.15, 0.2) is 23.1 Å². The van der Waals surface area contributed by atoms with Crippen molar-refractivity contribution in [1.29, 1.82) is 0 Å². The number of benzene rings is 1. The number of carboxylic acids is 1. The summed E-state index contributed by atoms with van der Waals surface area (Å²) in [6.07, 6.45) is -0.0725. The Morgan fingerprint density at radius 2 is 2.17 bits per heavy atom. The fourth-order valence-corrected chi connectivity index (χ4v) is 3.49. The van der Waals surface area contributed by atoms with Crippen molar-refractivity contribution in [3.05, 3.63) is 23.2 Å². The maximum atomic E-state index is 12.3. The normalized spacial score (nSPS) is 16.4. The lowest BCUT2D eigenvalue weighted by Gasteiger charge is -2.26. The first kappa shape index (κ1) is 17.6. The van der Waals surface area contributed by atoms with E-state index in [1.807, 2.05) is 0 Å². The number of rotatable bonds is 6. The average Bonchev–Trinajstić information content (AvgIpc) is 2.48. The van der Waals surface area contributed by atoms with Crippen molar-refractivity contribution in [2.24, 2.45) is 0 Å². The zero-order valence-electron chi connectivity index (χ0n) is 12.5. The van der Waals surface area contributed by atoms with Crippen molar-refractivity contribution in [1.82, 2.24) is 4.90 Å². The molecule has 2 N–H and O–H groups in total. The minimum absolute atomic E-state index is 0.0338. The number of carbonyl (C=O) groups excluding carboxylic acids is 2. The highest BCUT2D eigenvalue weighted by Gasteiger charge is 2.30. The number of hydrogen-bond acceptors (Lipinski definition) is 4. The molecule has 23 heavy (non-hydrogen) atoms. The van der Waals surface area contributed by atoms with E-state index in [2.05, 4.69) is 5.32 Å². The van der Waals surface area contributed by atoms with Gasteiger partial charge in [-0.3, -0.25) is 14.4 Å². The third-order valence-electron chi connectivity index (χ3n) is 3.45. The van der Waals surface area contributed by atoms with Gasteiger partial charge in [-0.1, -0.05) is 11.6 Å². The highest BCUT2D eigenvalue weighted by Crippen LogP contribution is 2.38. The van der Waals surface area contributed by atoms with Crippen LogP contribution < -0.4 is 5.32 Å². The number of anilines is 1. The maximum Gasteiger partial charge on any atom is 0.305 e. The van der Waals surface area contributed by atoms with Gasteiger partial charge in [0.1, 0.15) is 0 Å². The standard InChI is InChI=1S/C15H17ClN2O4S/c1-2-18(6-5-14(20)21)13(19)8-12-15(22)17-10-7-9(16)3-4-11(10)23-12/h3-4,7,12H,2,5-6,8H2,1H3,(H,17,22)(H,20,21). The van der Waals surface area contributed by atoms with Crippen molar-refractivity contribution in [2.75, 3.05) is 18.4 Å². The topological polar surface area (TPSA) is 86.7 Å². The van der Waals surface area contributed by atoms with Gasteiger partial charge in [-0.05, 0) is 25.1 Å². The van der Waals surface area contributed by atoms with Gasteiger partial charge in [0, 0.05) is 29.4 Å². The quantitative estimate of drug-likeness (QED) is 0.817. The second-order valence-corrected chi connectivity index (χ2v) is 6.74. The van der Waals surface area contributed by atoms with Gasteiger partial charge in [-0.15, -0.1) is 11.8 Å². The van der Waals surface area contributed by atoms with Crippen molar-refractivity contribution >= 4 is 46.8 Å². The summed E-state index contributed by atoms with van der Waals surface area (Å²) in [5.74, 6) is -1.42. The average molecular weight is 357 g/mol. The van der Waals surface area contributed by atoms with E-state index >= 15 is 0 Å². The first-order valence-electron chi connectivity index (χ1n) is 7.17. The van der Waals surface area contributed by atoms with Crippen LogP contribution in [0.4, 0.5) is 5.69 Å². The summed E-state index contributed by atoms with van der Waals surface area (Å²) < 4.78 is 0. The monoisotopic (exact) mass is 356 g/mol. The molecule has 0 saturated heterocycles. The molecule has 8 heteroatoms. The Kier molecular flexibility index (Phi) is 5.90. The fourth-order valence-electron chi connectivity index (χ4n) is 2.23. The van der Waals surface area contributed by atoms with Crippen molar-refractivity contribution in [3.8, 4) is 0 Å². The lowest BCUT2D eigenvalue weighted by atomic mass is 10.2. The molecular formula is C15H17ClN2O4S. The third kappa shape index (κ3) is 4.62. The number of nitrogens with one attached hydrogen (secondary N) is 1. The first-order chi connectivity index (χ1) is 10.9. The predicted octanol–water partition coefficient (Wildman–Crippen LogP) is 2.47. The van der Waals surface area contributed by atoms with Crippen molar-refractivity contribution < 1.29 is 19.5 Å². The summed E-state index contributed by atoms with van der Waals surface area (Å²) in [5.41, 5.74) is 0.648. The SMILES string of the molecule is CCN(CCC(=O)O)C(=O)CC1Sc2ccc(Cl)cc2NC1=O. The van der Waals surface area contributed by atoms with Crippen molar-refractivity contribution in [3.63, 3.8) is 0 Å². The zero-order valence-corrected chi connectivity index (χ0v) is 14.1. The summed E-state index contributed by atoms with van der Waals surface area (Å²) in [4.78, 5) is 37.4. The van der Waals surface area contributed by atoms with E-state index in [0.717, 1.165) is 4.90 Å². The molecule has 124 valence electrons. The molecule has 2 rings (SSSR count). The molecular weight excluding hydrogens is 340 g/mol. The molecule has 0 saturated carbocycles. The number of amides is 2.